The molecule has 1 rings (SSSR count). The minimum absolute atomic E-state index is 0.500. The van der Waals surface area contributed by atoms with Gasteiger partial charge in [-0.3, -0.25) is 0 Å². The second kappa shape index (κ2) is 3.97. The summed E-state index contributed by atoms with van der Waals surface area (Å²) >= 11 is 3.23. The fourth-order valence-corrected chi connectivity index (χ4v) is 1.29. The monoisotopic (exact) mass is 262 g/mol. The molecule has 0 saturated carbocycles. The van der Waals surface area contributed by atoms with E-state index in [2.05, 4.69) is 25.6 Å². The van der Waals surface area contributed by atoms with Crippen LogP contribution >= 0.6 is 15.9 Å². The standard InChI is InChI=1S/C7H7BrN2O2S/c1-13(11,12)10-9-7-4-2-3-6(8)5-7/h2-5H,1H3. The Morgan fingerprint density at radius 3 is 2.62 bits per heavy atom. The second-order valence-electron chi connectivity index (χ2n) is 2.39. The third-order valence-corrected chi connectivity index (χ3v) is 1.98. The van der Waals surface area contributed by atoms with Crippen molar-refractivity contribution in [3.8, 4) is 0 Å². The predicted octanol–water partition coefficient (Wildman–Crippen LogP) is 2.49. The maximum atomic E-state index is 10.6. The van der Waals surface area contributed by atoms with Crippen LogP contribution in [0.3, 0.4) is 0 Å². The van der Waals surface area contributed by atoms with Gasteiger partial charge in [-0.2, -0.15) is 0 Å². The molecule has 0 saturated heterocycles. The van der Waals surface area contributed by atoms with Gasteiger partial charge in [0.05, 0.1) is 11.9 Å². The number of rotatable bonds is 2. The Morgan fingerprint density at radius 2 is 2.08 bits per heavy atom. The first-order chi connectivity index (χ1) is 5.97. The van der Waals surface area contributed by atoms with Crippen LogP contribution in [0.25, 0.3) is 0 Å². The van der Waals surface area contributed by atoms with E-state index in [4.69, 9.17) is 0 Å². The molecule has 1 aromatic carbocycles. The lowest BCUT2D eigenvalue weighted by Crippen LogP contribution is -1.86. The highest BCUT2D eigenvalue weighted by molar-refractivity contribution is 9.10. The topological polar surface area (TPSA) is 58.9 Å². The number of nitrogens with zero attached hydrogens (tertiary/aromatic N) is 2. The van der Waals surface area contributed by atoms with Crippen LogP contribution in [0.1, 0.15) is 0 Å². The molecule has 0 aromatic heterocycles. The first kappa shape index (κ1) is 10.3. The fourth-order valence-electron chi connectivity index (χ4n) is 0.660. The quantitative estimate of drug-likeness (QED) is 0.769. The average molecular weight is 263 g/mol. The van der Waals surface area contributed by atoms with Crippen LogP contribution in [0.2, 0.25) is 0 Å². The maximum absolute atomic E-state index is 10.6. The van der Waals surface area contributed by atoms with Gasteiger partial charge in [-0.05, 0) is 18.2 Å². The average Bonchev–Trinajstić information content (AvgIpc) is 2.00. The zero-order valence-corrected chi connectivity index (χ0v) is 9.21. The van der Waals surface area contributed by atoms with Crippen molar-refractivity contribution < 1.29 is 8.42 Å². The van der Waals surface area contributed by atoms with Crippen LogP contribution < -0.4 is 0 Å². The van der Waals surface area contributed by atoms with Gasteiger partial charge in [0.25, 0.3) is 10.0 Å². The van der Waals surface area contributed by atoms with Crippen LogP contribution in [0.15, 0.2) is 38.4 Å². The highest BCUT2D eigenvalue weighted by Gasteiger charge is 1.96. The van der Waals surface area contributed by atoms with Gasteiger partial charge in [0.15, 0.2) is 0 Å². The van der Waals surface area contributed by atoms with Crippen LogP contribution in [-0.2, 0) is 10.0 Å². The second-order valence-corrected chi connectivity index (χ2v) is 4.94. The third kappa shape index (κ3) is 4.14. The molecule has 0 aliphatic heterocycles. The van der Waals surface area contributed by atoms with Crippen molar-refractivity contribution in [3.05, 3.63) is 28.7 Å². The summed E-state index contributed by atoms with van der Waals surface area (Å²) in [6.07, 6.45) is 0.995. The van der Waals surface area contributed by atoms with Crippen molar-refractivity contribution in [1.29, 1.82) is 0 Å². The first-order valence-corrected chi connectivity index (χ1v) is 6.00. The van der Waals surface area contributed by atoms with Crippen molar-refractivity contribution in [2.24, 2.45) is 9.63 Å². The van der Waals surface area contributed by atoms with Crippen LogP contribution in [0.5, 0.6) is 0 Å². The summed E-state index contributed by atoms with van der Waals surface area (Å²) in [6.45, 7) is 0. The Balaban J connectivity index is 2.93. The zero-order valence-electron chi connectivity index (χ0n) is 6.81. The first-order valence-electron chi connectivity index (χ1n) is 3.36. The molecule has 13 heavy (non-hydrogen) atoms. The SMILES string of the molecule is CS(=O)(=O)N=Nc1cccc(Br)c1. The number of hydrogen-bond donors (Lipinski definition) is 0. The molecule has 4 nitrogen and oxygen atoms in total. The number of hydrogen-bond acceptors (Lipinski definition) is 3. The Kier molecular flexibility index (Phi) is 3.16. The molecule has 0 spiro atoms. The lowest BCUT2D eigenvalue weighted by molar-refractivity contribution is 0.601. The molecule has 0 bridgehead atoms. The van der Waals surface area contributed by atoms with Gasteiger partial charge < -0.3 is 0 Å². The van der Waals surface area contributed by atoms with Gasteiger partial charge in [0.1, 0.15) is 0 Å². The third-order valence-electron chi connectivity index (χ3n) is 1.11. The molecule has 0 aliphatic carbocycles. The normalized spacial score (nSPS) is 12.2. The van der Waals surface area contributed by atoms with E-state index in [9.17, 15) is 8.42 Å². The van der Waals surface area contributed by atoms with Gasteiger partial charge >= 0.3 is 0 Å². The Morgan fingerprint density at radius 1 is 1.38 bits per heavy atom. The fraction of sp³-hybridized carbons (Fsp3) is 0.143. The number of sulfonamides is 1. The van der Waals surface area contributed by atoms with E-state index in [-0.39, 0.29) is 0 Å². The van der Waals surface area contributed by atoms with Crippen molar-refractivity contribution >= 4 is 31.6 Å². The molecular formula is C7H7BrN2O2S. The molecule has 6 heteroatoms. The Labute approximate surface area is 84.9 Å². The summed E-state index contributed by atoms with van der Waals surface area (Å²) in [4.78, 5) is 0. The van der Waals surface area contributed by atoms with Crippen molar-refractivity contribution in [2.45, 2.75) is 0 Å². The van der Waals surface area contributed by atoms with Crippen molar-refractivity contribution in [2.75, 3.05) is 6.26 Å². The summed E-state index contributed by atoms with van der Waals surface area (Å²) in [6, 6.07) is 6.91. The van der Waals surface area contributed by atoms with Crippen LogP contribution in [0, 0.1) is 0 Å². The van der Waals surface area contributed by atoms with Crippen LogP contribution in [0.4, 0.5) is 5.69 Å². The molecule has 0 aliphatic rings. The molecule has 0 N–H and O–H groups in total. The van der Waals surface area contributed by atoms with E-state index in [0.717, 1.165) is 10.7 Å². The van der Waals surface area contributed by atoms with Crippen molar-refractivity contribution in [1.82, 2.24) is 0 Å². The minimum Gasteiger partial charge on any atom is -0.203 e. The molecule has 1 aromatic rings. The molecule has 70 valence electrons. The molecule has 0 atom stereocenters. The van der Waals surface area contributed by atoms with E-state index in [1.165, 1.54) is 0 Å². The highest BCUT2D eigenvalue weighted by Crippen LogP contribution is 2.18. The number of benzene rings is 1. The maximum Gasteiger partial charge on any atom is 0.267 e. The van der Waals surface area contributed by atoms with E-state index in [1.54, 1.807) is 18.2 Å². The summed E-state index contributed by atoms with van der Waals surface area (Å²) in [7, 11) is -3.39. The van der Waals surface area contributed by atoms with Gasteiger partial charge in [0, 0.05) is 4.47 Å². The molecule has 0 amide bonds. The summed E-state index contributed by atoms with van der Waals surface area (Å²) in [5.74, 6) is 0. The zero-order chi connectivity index (χ0) is 9.90. The van der Waals surface area contributed by atoms with Gasteiger partial charge in [-0.25, -0.2) is 8.42 Å². The lowest BCUT2D eigenvalue weighted by Gasteiger charge is -1.91. The predicted molar refractivity (Wildman–Crippen MR) is 53.5 cm³/mol. The van der Waals surface area contributed by atoms with E-state index >= 15 is 0 Å². The molecule has 0 unspecified atom stereocenters. The Hall–Kier alpha value is -0.750. The van der Waals surface area contributed by atoms with Gasteiger partial charge in [0.2, 0.25) is 0 Å². The highest BCUT2D eigenvalue weighted by atomic mass is 79.9. The van der Waals surface area contributed by atoms with Gasteiger partial charge in [-0.15, -0.1) is 5.11 Å². The van der Waals surface area contributed by atoms with Crippen molar-refractivity contribution in [3.63, 3.8) is 0 Å². The molecule has 0 heterocycles. The lowest BCUT2D eigenvalue weighted by atomic mass is 10.3. The molecule has 0 radical (unpaired) electrons. The van der Waals surface area contributed by atoms with Crippen LogP contribution in [-0.4, -0.2) is 14.7 Å². The molecular weight excluding hydrogens is 256 g/mol. The summed E-state index contributed by atoms with van der Waals surface area (Å²) < 4.78 is 25.2. The summed E-state index contributed by atoms with van der Waals surface area (Å²) in [5.41, 5.74) is 0.500. The summed E-state index contributed by atoms with van der Waals surface area (Å²) in [5, 5.41) is 3.55. The van der Waals surface area contributed by atoms with E-state index in [1.807, 2.05) is 6.07 Å². The Bertz CT molecular complexity index is 428. The largest absolute Gasteiger partial charge is 0.267 e. The van der Waals surface area contributed by atoms with E-state index in [0.29, 0.717) is 5.69 Å². The molecule has 0 fully saturated rings. The smallest absolute Gasteiger partial charge is 0.203 e. The number of halogens is 1. The van der Waals surface area contributed by atoms with E-state index < -0.39 is 10.0 Å². The van der Waals surface area contributed by atoms with Gasteiger partial charge in [-0.1, -0.05) is 26.5 Å². The minimum atomic E-state index is -3.39.